The monoisotopic (exact) mass is 342 g/mol. The fraction of sp³-hybridized carbons (Fsp3) is 0.333. The quantitative estimate of drug-likeness (QED) is 0.640. The molecule has 128 valence electrons. The van der Waals surface area contributed by atoms with Crippen LogP contribution in [0.15, 0.2) is 42.6 Å². The third-order valence-corrected chi connectivity index (χ3v) is 3.33. The molecule has 0 aliphatic carbocycles. The zero-order chi connectivity index (χ0) is 17.7. The van der Waals surface area contributed by atoms with Crippen molar-refractivity contribution in [2.75, 3.05) is 19.9 Å². The average molecular weight is 342 g/mol. The molecule has 8 heteroatoms. The zero-order valence-electron chi connectivity index (χ0n) is 13.2. The van der Waals surface area contributed by atoms with Gasteiger partial charge in [-0.1, -0.05) is 24.3 Å². The van der Waals surface area contributed by atoms with Crippen molar-refractivity contribution in [1.82, 2.24) is 4.98 Å². The molecule has 2 aromatic rings. The predicted octanol–water partition coefficient (Wildman–Crippen LogP) is 1.64. The van der Waals surface area contributed by atoms with Crippen LogP contribution in [0.4, 0.5) is 0 Å². The van der Waals surface area contributed by atoms with E-state index in [1.54, 1.807) is 0 Å². The van der Waals surface area contributed by atoms with E-state index in [1.807, 2.05) is 30.5 Å². The Kier molecular flexibility index (Phi) is 10.5. The molecule has 1 heterocycles. The number of benzene rings is 1. The van der Waals surface area contributed by atoms with E-state index in [2.05, 4.69) is 27.6 Å². The lowest BCUT2D eigenvalue weighted by molar-refractivity contribution is -0.140. The van der Waals surface area contributed by atoms with Crippen LogP contribution in [0.25, 0.3) is 10.9 Å². The lowest BCUT2D eigenvalue weighted by Gasteiger charge is -1.96. The average Bonchev–Trinajstić information content (AvgIpc) is 2.56. The summed E-state index contributed by atoms with van der Waals surface area (Å²) in [7, 11) is -1.22. The topological polar surface area (TPSA) is 120 Å². The standard InChI is InChI=1S/C9H7N.C5H10O5S.CH5N/c1-2-6-9-8(4-1)5-3-7-10-9;1-10-5(6)3-2-4-11(7,8)9;1-2/h1-7H;2-4H2,1H3,(H,7,8,9);2H2,1H3. The number of methoxy groups -OCH3 is 1. The number of esters is 1. The Morgan fingerprint density at radius 3 is 2.39 bits per heavy atom. The third-order valence-electron chi connectivity index (χ3n) is 2.52. The maximum atomic E-state index is 10.4. The van der Waals surface area contributed by atoms with Crippen LogP contribution in [0.3, 0.4) is 0 Å². The molecule has 0 unspecified atom stereocenters. The molecule has 0 bridgehead atoms. The van der Waals surface area contributed by atoms with Crippen LogP contribution in [-0.4, -0.2) is 43.8 Å². The van der Waals surface area contributed by atoms with Crippen LogP contribution in [0.5, 0.6) is 0 Å². The van der Waals surface area contributed by atoms with Crippen molar-refractivity contribution in [3.8, 4) is 0 Å². The van der Waals surface area contributed by atoms with Crippen LogP contribution in [0.1, 0.15) is 12.8 Å². The Morgan fingerprint density at radius 1 is 1.22 bits per heavy atom. The van der Waals surface area contributed by atoms with Crippen molar-refractivity contribution in [2.24, 2.45) is 5.73 Å². The largest absolute Gasteiger partial charge is 0.469 e. The molecule has 0 saturated carbocycles. The first-order valence-electron chi connectivity index (χ1n) is 6.82. The van der Waals surface area contributed by atoms with Gasteiger partial charge in [-0.2, -0.15) is 8.42 Å². The van der Waals surface area contributed by atoms with Crippen LogP contribution in [-0.2, 0) is 19.6 Å². The lowest BCUT2D eigenvalue weighted by atomic mass is 10.2. The second kappa shape index (κ2) is 11.5. The predicted molar refractivity (Wildman–Crippen MR) is 89.5 cm³/mol. The maximum Gasteiger partial charge on any atom is 0.305 e. The lowest BCUT2D eigenvalue weighted by Crippen LogP contribution is -2.07. The molecular weight excluding hydrogens is 320 g/mol. The molecule has 0 amide bonds. The summed E-state index contributed by atoms with van der Waals surface area (Å²) in [6.07, 6.45) is 1.91. The molecule has 1 aromatic heterocycles. The van der Waals surface area contributed by atoms with Crippen LogP contribution in [0, 0.1) is 0 Å². The van der Waals surface area contributed by atoms with E-state index in [0.29, 0.717) is 0 Å². The highest BCUT2D eigenvalue weighted by Crippen LogP contribution is 2.07. The first kappa shape index (κ1) is 21.0. The highest BCUT2D eigenvalue weighted by atomic mass is 32.2. The van der Waals surface area contributed by atoms with Gasteiger partial charge in [-0.3, -0.25) is 14.3 Å². The second-order valence-corrected chi connectivity index (χ2v) is 5.73. The molecule has 0 atom stereocenters. The minimum absolute atomic E-state index is 0.0102. The Bertz CT molecular complexity index is 624. The van der Waals surface area contributed by atoms with Gasteiger partial charge < -0.3 is 10.5 Å². The van der Waals surface area contributed by atoms with Crippen molar-refractivity contribution >= 4 is 27.0 Å². The van der Waals surface area contributed by atoms with Crippen LogP contribution in [0.2, 0.25) is 0 Å². The first-order chi connectivity index (χ1) is 10.9. The number of hydrogen-bond donors (Lipinski definition) is 2. The molecule has 0 aliphatic rings. The van der Waals surface area contributed by atoms with E-state index in [1.165, 1.54) is 19.5 Å². The Hall–Kier alpha value is -2.03. The van der Waals surface area contributed by atoms with Gasteiger partial charge in [0.25, 0.3) is 10.1 Å². The molecule has 0 radical (unpaired) electrons. The van der Waals surface area contributed by atoms with E-state index >= 15 is 0 Å². The molecule has 23 heavy (non-hydrogen) atoms. The number of pyridine rings is 1. The molecule has 2 rings (SSSR count). The minimum atomic E-state index is -3.94. The summed E-state index contributed by atoms with van der Waals surface area (Å²) in [4.78, 5) is 14.6. The van der Waals surface area contributed by atoms with Crippen molar-refractivity contribution in [1.29, 1.82) is 0 Å². The number of para-hydroxylation sites is 1. The van der Waals surface area contributed by atoms with E-state index < -0.39 is 21.8 Å². The first-order valence-corrected chi connectivity index (χ1v) is 8.43. The van der Waals surface area contributed by atoms with Crippen molar-refractivity contribution < 1.29 is 22.5 Å². The fourth-order valence-electron chi connectivity index (χ4n) is 1.52. The zero-order valence-corrected chi connectivity index (χ0v) is 14.0. The molecule has 3 N–H and O–H groups in total. The Labute approximate surface area is 136 Å². The Balaban J connectivity index is 0.000000380. The van der Waals surface area contributed by atoms with E-state index in [4.69, 9.17) is 4.55 Å². The molecule has 0 saturated heterocycles. The number of carbonyl (C=O) groups is 1. The summed E-state index contributed by atoms with van der Waals surface area (Å²) in [6, 6.07) is 12.1. The molecule has 1 aromatic carbocycles. The van der Waals surface area contributed by atoms with E-state index in [9.17, 15) is 13.2 Å². The number of rotatable bonds is 4. The maximum absolute atomic E-state index is 10.4. The van der Waals surface area contributed by atoms with E-state index in [0.717, 1.165) is 5.52 Å². The number of hydrogen-bond acceptors (Lipinski definition) is 6. The summed E-state index contributed by atoms with van der Waals surface area (Å²) in [6.45, 7) is 0. The summed E-state index contributed by atoms with van der Waals surface area (Å²) in [5.41, 5.74) is 5.56. The smallest absolute Gasteiger partial charge is 0.305 e. The number of carbonyl (C=O) groups excluding carboxylic acids is 1. The highest BCUT2D eigenvalue weighted by molar-refractivity contribution is 7.85. The second-order valence-electron chi connectivity index (χ2n) is 4.16. The summed E-state index contributed by atoms with van der Waals surface area (Å²) >= 11 is 0. The normalized spacial score (nSPS) is 9.91. The number of aromatic nitrogens is 1. The van der Waals surface area contributed by atoms with Gasteiger partial charge in [-0.05, 0) is 25.6 Å². The molecule has 0 fully saturated rings. The summed E-state index contributed by atoms with van der Waals surface area (Å²) in [5.74, 6) is -0.879. The van der Waals surface area contributed by atoms with Crippen LogP contribution < -0.4 is 5.73 Å². The van der Waals surface area contributed by atoms with Gasteiger partial charge in [0.2, 0.25) is 0 Å². The van der Waals surface area contributed by atoms with Crippen molar-refractivity contribution in [3.05, 3.63) is 42.6 Å². The molecule has 0 spiro atoms. The van der Waals surface area contributed by atoms with Crippen LogP contribution >= 0.6 is 0 Å². The van der Waals surface area contributed by atoms with Gasteiger partial charge in [-0.15, -0.1) is 0 Å². The third kappa shape index (κ3) is 10.3. The SMILES string of the molecule is CN.COC(=O)CCCS(=O)(=O)O.c1ccc2ncccc2c1. The van der Waals surface area contributed by atoms with Crippen molar-refractivity contribution in [3.63, 3.8) is 0 Å². The van der Waals surface area contributed by atoms with E-state index in [-0.39, 0.29) is 12.8 Å². The number of nitrogens with two attached hydrogens (primary N) is 1. The summed E-state index contributed by atoms with van der Waals surface area (Å²) < 4.78 is 32.7. The van der Waals surface area contributed by atoms with Crippen molar-refractivity contribution in [2.45, 2.75) is 12.8 Å². The summed E-state index contributed by atoms with van der Waals surface area (Å²) in [5, 5.41) is 1.20. The molecule has 0 aliphatic heterocycles. The van der Waals surface area contributed by atoms with Gasteiger partial charge >= 0.3 is 5.97 Å². The van der Waals surface area contributed by atoms with Gasteiger partial charge in [-0.25, -0.2) is 0 Å². The minimum Gasteiger partial charge on any atom is -0.469 e. The van der Waals surface area contributed by atoms with Gasteiger partial charge in [0, 0.05) is 18.0 Å². The van der Waals surface area contributed by atoms with Gasteiger partial charge in [0.15, 0.2) is 0 Å². The molecule has 7 nitrogen and oxygen atoms in total. The fourth-order valence-corrected chi connectivity index (χ4v) is 2.03. The highest BCUT2D eigenvalue weighted by Gasteiger charge is 2.06. The number of nitrogens with zero attached hydrogens (tertiary/aromatic N) is 1. The number of ether oxygens (including phenoxy) is 1. The number of fused-ring (bicyclic) bond motifs is 1. The van der Waals surface area contributed by atoms with Gasteiger partial charge in [0.05, 0.1) is 18.4 Å². The van der Waals surface area contributed by atoms with Gasteiger partial charge in [0.1, 0.15) is 0 Å². The molecular formula is C15H22N2O5S. The Morgan fingerprint density at radius 2 is 1.83 bits per heavy atom.